The minimum absolute atomic E-state index is 0.134. The first kappa shape index (κ1) is 19.0. The summed E-state index contributed by atoms with van der Waals surface area (Å²) in [4.78, 5) is 10.6. The number of fused-ring (bicyclic) bond motifs is 1. The first-order valence-corrected chi connectivity index (χ1v) is 10.0. The first-order chi connectivity index (χ1) is 13.5. The van der Waals surface area contributed by atoms with Gasteiger partial charge in [0.25, 0.3) is 0 Å². The van der Waals surface area contributed by atoms with Gasteiger partial charge in [-0.25, -0.2) is 4.98 Å². The van der Waals surface area contributed by atoms with Gasteiger partial charge in [-0.2, -0.15) is 4.52 Å². The lowest BCUT2D eigenvalue weighted by Crippen LogP contribution is -2.46. The summed E-state index contributed by atoms with van der Waals surface area (Å²) in [6.07, 6.45) is 0. The van der Waals surface area contributed by atoms with Crippen LogP contribution < -0.4 is 9.47 Å². The number of piperazine rings is 1. The fourth-order valence-corrected chi connectivity index (χ4v) is 4.82. The van der Waals surface area contributed by atoms with Crippen LogP contribution >= 0.6 is 11.3 Å². The molecule has 8 nitrogen and oxygen atoms in total. The van der Waals surface area contributed by atoms with E-state index in [1.54, 1.807) is 14.2 Å². The highest BCUT2D eigenvalue weighted by atomic mass is 32.1. The number of aromatic hydroxyl groups is 1. The predicted octanol–water partition coefficient (Wildman–Crippen LogP) is 2.16. The maximum Gasteiger partial charge on any atom is 0.230 e. The molecule has 1 saturated heterocycles. The van der Waals surface area contributed by atoms with Crippen LogP contribution in [0.2, 0.25) is 0 Å². The molecule has 0 radical (unpaired) electrons. The second kappa shape index (κ2) is 7.57. The number of aromatic nitrogens is 3. The monoisotopic (exact) mass is 403 g/mol. The van der Waals surface area contributed by atoms with Crippen molar-refractivity contribution in [2.45, 2.75) is 13.0 Å². The number of hydrogen-bond donors (Lipinski definition) is 1. The van der Waals surface area contributed by atoms with Crippen LogP contribution in [-0.4, -0.2) is 77.0 Å². The van der Waals surface area contributed by atoms with Crippen LogP contribution in [0.3, 0.4) is 0 Å². The maximum absolute atomic E-state index is 11.0. The molecule has 1 aromatic carbocycles. The molecule has 0 aliphatic carbocycles. The molecule has 1 fully saturated rings. The lowest BCUT2D eigenvalue weighted by molar-refractivity contribution is 0.126. The summed E-state index contributed by atoms with van der Waals surface area (Å²) in [5.41, 5.74) is 0.961. The summed E-state index contributed by atoms with van der Waals surface area (Å²) in [6, 6.07) is 5.61. The van der Waals surface area contributed by atoms with Gasteiger partial charge in [-0.3, -0.25) is 4.90 Å². The maximum atomic E-state index is 11.0. The van der Waals surface area contributed by atoms with E-state index in [1.807, 2.05) is 25.1 Å². The topological polar surface area (TPSA) is 75.4 Å². The Morgan fingerprint density at radius 1 is 1.14 bits per heavy atom. The Morgan fingerprint density at radius 2 is 1.89 bits per heavy atom. The van der Waals surface area contributed by atoms with Crippen molar-refractivity contribution in [2.24, 2.45) is 0 Å². The summed E-state index contributed by atoms with van der Waals surface area (Å²) in [7, 11) is 5.44. The average Bonchev–Trinajstić information content (AvgIpc) is 3.21. The summed E-state index contributed by atoms with van der Waals surface area (Å²) >= 11 is 1.46. The first-order valence-electron chi connectivity index (χ1n) is 9.21. The highest BCUT2D eigenvalue weighted by Gasteiger charge is 2.33. The van der Waals surface area contributed by atoms with Crippen LogP contribution in [-0.2, 0) is 0 Å². The Bertz CT molecular complexity index is 978. The molecule has 0 saturated carbocycles. The molecule has 1 atom stereocenters. The molecular weight excluding hydrogens is 378 g/mol. The molecule has 1 aliphatic rings. The van der Waals surface area contributed by atoms with E-state index in [9.17, 15) is 5.11 Å². The van der Waals surface area contributed by atoms with E-state index in [2.05, 4.69) is 26.9 Å². The van der Waals surface area contributed by atoms with Crippen molar-refractivity contribution in [3.05, 3.63) is 34.5 Å². The molecule has 0 bridgehead atoms. The molecule has 1 aliphatic heterocycles. The van der Waals surface area contributed by atoms with Crippen molar-refractivity contribution >= 4 is 16.3 Å². The van der Waals surface area contributed by atoms with Gasteiger partial charge in [0.05, 0.1) is 25.1 Å². The predicted molar refractivity (Wildman–Crippen MR) is 108 cm³/mol. The summed E-state index contributed by atoms with van der Waals surface area (Å²) in [5, 5.41) is 15.3. The molecule has 3 aromatic rings. The molecule has 9 heteroatoms. The van der Waals surface area contributed by atoms with Gasteiger partial charge in [0.1, 0.15) is 17.3 Å². The number of hydrogen-bond acceptors (Lipinski definition) is 8. The highest BCUT2D eigenvalue weighted by molar-refractivity contribution is 7.17. The molecule has 0 amide bonds. The van der Waals surface area contributed by atoms with Crippen LogP contribution in [0.1, 0.15) is 22.3 Å². The zero-order chi connectivity index (χ0) is 19.8. The van der Waals surface area contributed by atoms with Crippen LogP contribution in [0.15, 0.2) is 18.2 Å². The molecule has 3 heterocycles. The van der Waals surface area contributed by atoms with E-state index in [-0.39, 0.29) is 11.9 Å². The molecule has 28 heavy (non-hydrogen) atoms. The Labute approximate surface area is 167 Å². The smallest absolute Gasteiger partial charge is 0.230 e. The molecule has 4 rings (SSSR count). The van der Waals surface area contributed by atoms with E-state index >= 15 is 0 Å². The van der Waals surface area contributed by atoms with Gasteiger partial charge in [-0.05, 0) is 32.2 Å². The van der Waals surface area contributed by atoms with Crippen molar-refractivity contribution in [2.75, 3.05) is 47.4 Å². The number of rotatable bonds is 5. The van der Waals surface area contributed by atoms with Crippen LogP contribution in [0.4, 0.5) is 0 Å². The molecule has 150 valence electrons. The van der Waals surface area contributed by atoms with Gasteiger partial charge in [-0.1, -0.05) is 11.3 Å². The average molecular weight is 404 g/mol. The normalized spacial score (nSPS) is 17.1. The zero-order valence-corrected chi connectivity index (χ0v) is 17.4. The molecular formula is C19H25N5O3S. The van der Waals surface area contributed by atoms with Gasteiger partial charge in [0.15, 0.2) is 0 Å². The fraction of sp³-hybridized carbons (Fsp3) is 0.474. The van der Waals surface area contributed by atoms with Crippen LogP contribution in [0.5, 0.6) is 17.4 Å². The standard InChI is InChI=1S/C19H25N5O3S/c1-12-20-19-24(21-12)18(25)17(28-19)16(23-9-7-22(2)8-10-23)14-11-13(26-3)5-6-15(14)27-4/h5-6,11,16,25H,7-10H2,1-4H3/t16-/m0/s1. The minimum atomic E-state index is -0.174. The van der Waals surface area contributed by atoms with E-state index < -0.39 is 0 Å². The molecule has 1 N–H and O–H groups in total. The molecule has 2 aromatic heterocycles. The number of nitrogens with zero attached hydrogens (tertiary/aromatic N) is 5. The van der Waals surface area contributed by atoms with E-state index in [1.165, 1.54) is 15.9 Å². The van der Waals surface area contributed by atoms with Gasteiger partial charge < -0.3 is 19.5 Å². The third kappa shape index (κ3) is 3.30. The van der Waals surface area contributed by atoms with E-state index in [0.29, 0.717) is 10.8 Å². The van der Waals surface area contributed by atoms with E-state index in [4.69, 9.17) is 9.47 Å². The summed E-state index contributed by atoms with van der Waals surface area (Å²) < 4.78 is 12.6. The van der Waals surface area contributed by atoms with Crippen LogP contribution in [0, 0.1) is 6.92 Å². The fourth-order valence-electron chi connectivity index (χ4n) is 3.66. The van der Waals surface area contributed by atoms with Crippen molar-refractivity contribution in [1.82, 2.24) is 24.4 Å². The SMILES string of the molecule is COc1ccc(OC)c([C@@H](c2sc3nc(C)nn3c2O)N2CCN(C)CC2)c1. The Kier molecular flexibility index (Phi) is 5.13. The van der Waals surface area contributed by atoms with Gasteiger partial charge in [0, 0.05) is 31.7 Å². The van der Waals surface area contributed by atoms with Gasteiger partial charge >= 0.3 is 0 Å². The van der Waals surface area contributed by atoms with E-state index in [0.717, 1.165) is 48.1 Å². The van der Waals surface area contributed by atoms with Crippen molar-refractivity contribution < 1.29 is 14.6 Å². The third-order valence-electron chi connectivity index (χ3n) is 5.19. The number of thiazole rings is 1. The highest BCUT2D eigenvalue weighted by Crippen LogP contribution is 2.44. The second-order valence-corrected chi connectivity index (χ2v) is 8.00. The lowest BCUT2D eigenvalue weighted by atomic mass is 10.0. The Balaban J connectivity index is 1.87. The second-order valence-electron chi connectivity index (χ2n) is 6.99. The largest absolute Gasteiger partial charge is 0.497 e. The van der Waals surface area contributed by atoms with Crippen molar-refractivity contribution in [3.63, 3.8) is 0 Å². The number of benzene rings is 1. The van der Waals surface area contributed by atoms with Crippen molar-refractivity contribution in [3.8, 4) is 17.4 Å². The van der Waals surface area contributed by atoms with Gasteiger partial charge in [0.2, 0.25) is 10.8 Å². The lowest BCUT2D eigenvalue weighted by Gasteiger charge is -2.38. The number of methoxy groups -OCH3 is 2. The minimum Gasteiger partial charge on any atom is -0.497 e. The number of likely N-dealkylation sites (N-methyl/N-ethyl adjacent to an activating group) is 1. The van der Waals surface area contributed by atoms with Crippen LogP contribution in [0.25, 0.3) is 4.96 Å². The third-order valence-corrected chi connectivity index (χ3v) is 6.26. The summed E-state index contributed by atoms with van der Waals surface area (Å²) in [6.45, 7) is 5.51. The van der Waals surface area contributed by atoms with Gasteiger partial charge in [-0.15, -0.1) is 5.10 Å². The zero-order valence-electron chi connectivity index (χ0n) is 16.5. The van der Waals surface area contributed by atoms with Crippen molar-refractivity contribution in [1.29, 1.82) is 0 Å². The Morgan fingerprint density at radius 3 is 2.54 bits per heavy atom. The Hall–Kier alpha value is -2.36. The summed E-state index contributed by atoms with van der Waals surface area (Å²) in [5.74, 6) is 2.29. The number of aryl methyl sites for hydroxylation is 1. The molecule has 0 spiro atoms. The molecule has 0 unspecified atom stereocenters. The number of ether oxygens (including phenoxy) is 2. The quantitative estimate of drug-likeness (QED) is 0.700.